The molecule has 1 aromatic carbocycles. The average molecular weight is 234 g/mol. The van der Waals surface area contributed by atoms with Crippen LogP contribution < -0.4 is 0 Å². The highest BCUT2D eigenvalue weighted by atomic mass is 31.0. The first-order valence-corrected chi connectivity index (χ1v) is 7.35. The molecule has 1 aliphatic rings. The van der Waals surface area contributed by atoms with E-state index in [0.717, 1.165) is 11.8 Å². The number of hydrogen-bond acceptors (Lipinski definition) is 0. The summed E-state index contributed by atoms with van der Waals surface area (Å²) in [5, 5.41) is 0. The van der Waals surface area contributed by atoms with Gasteiger partial charge in [-0.2, -0.15) is 0 Å². The average Bonchev–Trinajstić information content (AvgIpc) is 2.33. The van der Waals surface area contributed by atoms with Crippen LogP contribution in [0.25, 0.3) is 0 Å². The van der Waals surface area contributed by atoms with Crippen molar-refractivity contribution in [2.45, 2.75) is 39.0 Å². The number of hydrogen-bond donors (Lipinski definition) is 0. The van der Waals surface area contributed by atoms with E-state index in [9.17, 15) is 0 Å². The van der Waals surface area contributed by atoms with Crippen LogP contribution in [0.1, 0.15) is 36.8 Å². The van der Waals surface area contributed by atoms with Crippen molar-refractivity contribution in [3.63, 3.8) is 0 Å². The lowest BCUT2D eigenvalue weighted by Crippen LogP contribution is -2.17. The summed E-state index contributed by atoms with van der Waals surface area (Å²) < 4.78 is 0. The Balaban J connectivity index is 1.84. The van der Waals surface area contributed by atoms with Gasteiger partial charge >= 0.3 is 0 Å². The maximum atomic E-state index is 2.90. The lowest BCUT2D eigenvalue weighted by atomic mass is 9.80. The van der Waals surface area contributed by atoms with Gasteiger partial charge in [0.05, 0.1) is 0 Å². The summed E-state index contributed by atoms with van der Waals surface area (Å²) in [4.78, 5) is 0. The summed E-state index contributed by atoms with van der Waals surface area (Å²) in [5.41, 5.74) is 2.90. The van der Waals surface area contributed by atoms with Gasteiger partial charge in [0.15, 0.2) is 0 Å². The van der Waals surface area contributed by atoms with Crippen molar-refractivity contribution in [2.24, 2.45) is 11.8 Å². The van der Waals surface area contributed by atoms with Gasteiger partial charge in [0.1, 0.15) is 0 Å². The molecule has 0 amide bonds. The molecule has 1 atom stereocenters. The molecule has 0 aromatic heterocycles. The first kappa shape index (κ1) is 12.1. The van der Waals surface area contributed by atoms with Crippen molar-refractivity contribution in [2.75, 3.05) is 6.16 Å². The quantitative estimate of drug-likeness (QED) is 0.687. The van der Waals surface area contributed by atoms with Crippen LogP contribution in [0.15, 0.2) is 24.3 Å². The van der Waals surface area contributed by atoms with E-state index in [4.69, 9.17) is 0 Å². The zero-order valence-electron chi connectivity index (χ0n) is 10.3. The minimum absolute atomic E-state index is 0.940. The van der Waals surface area contributed by atoms with E-state index in [1.54, 1.807) is 0 Å². The van der Waals surface area contributed by atoms with Crippen LogP contribution in [0.3, 0.4) is 0 Å². The maximum Gasteiger partial charge on any atom is -0.0250 e. The molecule has 1 unspecified atom stereocenters. The molecular weight excluding hydrogens is 211 g/mol. The molecule has 0 bridgehead atoms. The topological polar surface area (TPSA) is 0 Å². The second kappa shape index (κ2) is 5.82. The molecule has 0 heterocycles. The zero-order chi connectivity index (χ0) is 11.4. The van der Waals surface area contributed by atoms with E-state index in [2.05, 4.69) is 40.4 Å². The minimum atomic E-state index is 0.940. The third-order valence-corrected chi connectivity index (χ3v) is 4.61. The Morgan fingerprint density at radius 2 is 1.56 bits per heavy atom. The Labute approximate surface area is 102 Å². The van der Waals surface area contributed by atoms with Gasteiger partial charge in [0.2, 0.25) is 0 Å². The molecule has 2 rings (SSSR count). The molecule has 1 aromatic rings. The van der Waals surface area contributed by atoms with Crippen LogP contribution in [0.2, 0.25) is 0 Å². The van der Waals surface area contributed by atoms with Crippen LogP contribution in [-0.4, -0.2) is 6.16 Å². The summed E-state index contributed by atoms with van der Waals surface area (Å²) in [5.74, 6) is 1.93. The fraction of sp³-hybridized carbons (Fsp3) is 0.600. The van der Waals surface area contributed by atoms with Crippen molar-refractivity contribution in [3.05, 3.63) is 35.4 Å². The number of aryl methyl sites for hydroxylation is 1. The van der Waals surface area contributed by atoms with E-state index in [0.29, 0.717) is 0 Å². The highest BCUT2D eigenvalue weighted by molar-refractivity contribution is 7.16. The Kier molecular flexibility index (Phi) is 4.41. The molecule has 16 heavy (non-hydrogen) atoms. The highest BCUT2D eigenvalue weighted by Gasteiger charge is 2.19. The molecule has 0 nitrogen and oxygen atoms in total. The van der Waals surface area contributed by atoms with E-state index in [1.807, 2.05) is 0 Å². The number of rotatable bonds is 3. The van der Waals surface area contributed by atoms with Crippen LogP contribution in [0.4, 0.5) is 0 Å². The predicted molar refractivity (Wildman–Crippen MR) is 74.9 cm³/mol. The SMILES string of the molecule is Cc1ccc(CC2CCC(CP)CC2)cc1. The Morgan fingerprint density at radius 1 is 1.00 bits per heavy atom. The van der Waals surface area contributed by atoms with Crippen LogP contribution in [0, 0.1) is 18.8 Å². The summed E-state index contributed by atoms with van der Waals surface area (Å²) >= 11 is 0. The molecular formula is C15H23P. The second-order valence-corrected chi connectivity index (χ2v) is 5.78. The smallest absolute Gasteiger partial charge is 0.0250 e. The first-order chi connectivity index (χ1) is 7.78. The van der Waals surface area contributed by atoms with Gasteiger partial charge in [-0.15, -0.1) is 9.24 Å². The first-order valence-electron chi connectivity index (χ1n) is 6.53. The highest BCUT2D eigenvalue weighted by Crippen LogP contribution is 2.31. The van der Waals surface area contributed by atoms with E-state index < -0.39 is 0 Å². The van der Waals surface area contributed by atoms with Crippen LogP contribution >= 0.6 is 9.24 Å². The fourth-order valence-electron chi connectivity index (χ4n) is 2.73. The standard InChI is InChI=1S/C15H23P/c1-12-2-4-13(5-3-12)10-14-6-8-15(11-16)9-7-14/h2-5,14-15H,6-11,16H2,1H3. The van der Waals surface area contributed by atoms with Crippen LogP contribution in [-0.2, 0) is 6.42 Å². The molecule has 0 aliphatic heterocycles. The van der Waals surface area contributed by atoms with Gasteiger partial charge in [-0.1, -0.05) is 29.8 Å². The van der Waals surface area contributed by atoms with Crippen molar-refractivity contribution in [1.82, 2.24) is 0 Å². The molecule has 1 heteroatoms. The summed E-state index contributed by atoms with van der Waals surface area (Å²) in [6.07, 6.45) is 8.36. The molecule has 1 fully saturated rings. The predicted octanol–water partition coefficient (Wildman–Crippen LogP) is 4.22. The third-order valence-electron chi connectivity index (χ3n) is 3.94. The van der Waals surface area contributed by atoms with Gasteiger partial charge in [0.25, 0.3) is 0 Å². The zero-order valence-corrected chi connectivity index (χ0v) is 11.4. The molecule has 0 N–H and O–H groups in total. The summed E-state index contributed by atoms with van der Waals surface area (Å²) in [6, 6.07) is 9.08. The Hall–Kier alpha value is -0.350. The number of benzene rings is 1. The van der Waals surface area contributed by atoms with E-state index in [1.165, 1.54) is 49.4 Å². The molecule has 88 valence electrons. The molecule has 1 aliphatic carbocycles. The maximum absolute atomic E-state index is 2.90. The van der Waals surface area contributed by atoms with Gasteiger partial charge in [-0.05, 0) is 62.6 Å². The van der Waals surface area contributed by atoms with Gasteiger partial charge < -0.3 is 0 Å². The van der Waals surface area contributed by atoms with Gasteiger partial charge in [-0.3, -0.25) is 0 Å². The van der Waals surface area contributed by atoms with Crippen molar-refractivity contribution >= 4 is 9.24 Å². The molecule has 0 spiro atoms. The second-order valence-electron chi connectivity index (χ2n) is 5.31. The van der Waals surface area contributed by atoms with E-state index in [-0.39, 0.29) is 0 Å². The fourth-order valence-corrected chi connectivity index (χ4v) is 3.20. The molecule has 0 radical (unpaired) electrons. The minimum Gasteiger partial charge on any atom is -0.137 e. The lowest BCUT2D eigenvalue weighted by Gasteiger charge is -2.27. The molecule has 1 saturated carbocycles. The van der Waals surface area contributed by atoms with Crippen molar-refractivity contribution < 1.29 is 0 Å². The largest absolute Gasteiger partial charge is 0.137 e. The lowest BCUT2D eigenvalue weighted by molar-refractivity contribution is 0.292. The summed E-state index contributed by atoms with van der Waals surface area (Å²) in [7, 11) is 2.90. The van der Waals surface area contributed by atoms with Gasteiger partial charge in [-0.25, -0.2) is 0 Å². The third kappa shape index (κ3) is 3.32. The monoisotopic (exact) mass is 234 g/mol. The van der Waals surface area contributed by atoms with Crippen molar-refractivity contribution in [1.29, 1.82) is 0 Å². The molecule has 0 saturated heterocycles. The Bertz CT molecular complexity index is 307. The van der Waals surface area contributed by atoms with Crippen molar-refractivity contribution in [3.8, 4) is 0 Å². The van der Waals surface area contributed by atoms with Crippen LogP contribution in [0.5, 0.6) is 0 Å². The Morgan fingerprint density at radius 3 is 2.12 bits per heavy atom. The normalized spacial score (nSPS) is 25.6. The van der Waals surface area contributed by atoms with E-state index >= 15 is 0 Å². The van der Waals surface area contributed by atoms with Gasteiger partial charge in [0, 0.05) is 0 Å². The summed E-state index contributed by atoms with van der Waals surface area (Å²) in [6.45, 7) is 2.16.